The molecule has 20 heavy (non-hydrogen) atoms. The van der Waals surface area contributed by atoms with Crippen LogP contribution in [0.25, 0.3) is 0 Å². The molecule has 2 unspecified atom stereocenters. The molecule has 1 aliphatic heterocycles. The van der Waals surface area contributed by atoms with Crippen LogP contribution in [0.4, 0.5) is 0 Å². The second-order valence-corrected chi connectivity index (χ2v) is 6.16. The number of carbonyl (C=O) groups is 1. The average Bonchev–Trinajstić information content (AvgIpc) is 2.47. The topological polar surface area (TPSA) is 44.4 Å². The van der Waals surface area contributed by atoms with Crippen LogP contribution in [0, 0.1) is 0 Å². The Morgan fingerprint density at radius 3 is 2.70 bits per heavy atom. The molecule has 1 aromatic carbocycles. The van der Waals surface area contributed by atoms with Crippen molar-refractivity contribution >= 4 is 21.8 Å². The van der Waals surface area contributed by atoms with Crippen molar-refractivity contribution in [3.63, 3.8) is 0 Å². The summed E-state index contributed by atoms with van der Waals surface area (Å²) in [6.07, 6.45) is 0. The Morgan fingerprint density at radius 1 is 1.35 bits per heavy atom. The van der Waals surface area contributed by atoms with Gasteiger partial charge in [-0.25, -0.2) is 0 Å². The standard InChI is InChI=1S/C15H22BrN3O/c1-11(13-4-3-5-14(16)10-13)18-15(20)12(2)19-8-6-17-7-9-19/h3-5,10-12,17H,6-9H2,1-2H3,(H,18,20). The van der Waals surface area contributed by atoms with E-state index in [9.17, 15) is 4.79 Å². The molecule has 0 aromatic heterocycles. The summed E-state index contributed by atoms with van der Waals surface area (Å²) in [5.41, 5.74) is 1.11. The molecule has 1 amide bonds. The van der Waals surface area contributed by atoms with Crippen molar-refractivity contribution in [3.05, 3.63) is 34.3 Å². The van der Waals surface area contributed by atoms with E-state index in [-0.39, 0.29) is 18.0 Å². The maximum absolute atomic E-state index is 12.3. The number of nitrogens with one attached hydrogen (secondary N) is 2. The van der Waals surface area contributed by atoms with E-state index in [1.165, 1.54) is 0 Å². The first kappa shape index (κ1) is 15.5. The Kier molecular flexibility index (Phi) is 5.57. The fourth-order valence-corrected chi connectivity index (χ4v) is 2.85. The van der Waals surface area contributed by atoms with Gasteiger partial charge in [0.15, 0.2) is 0 Å². The molecule has 1 saturated heterocycles. The minimum absolute atomic E-state index is 0.0189. The Hall–Kier alpha value is -0.910. The van der Waals surface area contributed by atoms with Crippen molar-refractivity contribution in [2.24, 2.45) is 0 Å². The molecular weight excluding hydrogens is 318 g/mol. The Bertz CT molecular complexity index is 460. The minimum Gasteiger partial charge on any atom is -0.348 e. The molecule has 1 aliphatic rings. The predicted octanol–water partition coefficient (Wildman–Crippen LogP) is 1.92. The van der Waals surface area contributed by atoms with Gasteiger partial charge in [0, 0.05) is 30.7 Å². The summed E-state index contributed by atoms with van der Waals surface area (Å²) in [4.78, 5) is 14.5. The second-order valence-electron chi connectivity index (χ2n) is 5.25. The van der Waals surface area contributed by atoms with E-state index >= 15 is 0 Å². The van der Waals surface area contributed by atoms with Crippen LogP contribution in [0.15, 0.2) is 28.7 Å². The molecule has 1 aromatic rings. The number of hydrogen-bond acceptors (Lipinski definition) is 3. The highest BCUT2D eigenvalue weighted by molar-refractivity contribution is 9.10. The summed E-state index contributed by atoms with van der Waals surface area (Å²) in [6.45, 7) is 7.77. The van der Waals surface area contributed by atoms with Crippen LogP contribution in [-0.2, 0) is 4.79 Å². The van der Waals surface area contributed by atoms with Crippen molar-refractivity contribution in [1.29, 1.82) is 0 Å². The summed E-state index contributed by atoms with van der Waals surface area (Å²) >= 11 is 3.46. The summed E-state index contributed by atoms with van der Waals surface area (Å²) in [6, 6.07) is 7.99. The lowest BCUT2D eigenvalue weighted by atomic mass is 10.1. The van der Waals surface area contributed by atoms with Gasteiger partial charge in [0.2, 0.25) is 5.91 Å². The third-order valence-corrected chi connectivity index (χ3v) is 4.28. The molecule has 4 nitrogen and oxygen atoms in total. The molecule has 2 rings (SSSR count). The van der Waals surface area contributed by atoms with E-state index in [1.54, 1.807) is 0 Å². The number of carbonyl (C=O) groups excluding carboxylic acids is 1. The van der Waals surface area contributed by atoms with Crippen LogP contribution in [0.5, 0.6) is 0 Å². The van der Waals surface area contributed by atoms with E-state index in [2.05, 4.69) is 31.5 Å². The predicted molar refractivity (Wildman–Crippen MR) is 84.6 cm³/mol. The van der Waals surface area contributed by atoms with Crippen molar-refractivity contribution in [2.45, 2.75) is 25.9 Å². The lowest BCUT2D eigenvalue weighted by Crippen LogP contribution is -2.52. The molecule has 1 heterocycles. The van der Waals surface area contributed by atoms with Crippen LogP contribution in [0.2, 0.25) is 0 Å². The van der Waals surface area contributed by atoms with Gasteiger partial charge in [0.25, 0.3) is 0 Å². The molecule has 0 saturated carbocycles. The maximum Gasteiger partial charge on any atom is 0.237 e. The summed E-state index contributed by atoms with van der Waals surface area (Å²) in [7, 11) is 0. The SMILES string of the molecule is CC(NC(=O)C(C)N1CCNCC1)c1cccc(Br)c1. The van der Waals surface area contributed by atoms with Gasteiger partial charge in [0.05, 0.1) is 12.1 Å². The molecule has 2 N–H and O–H groups in total. The highest BCUT2D eigenvalue weighted by Crippen LogP contribution is 2.18. The minimum atomic E-state index is -0.0771. The number of piperazine rings is 1. The highest BCUT2D eigenvalue weighted by atomic mass is 79.9. The van der Waals surface area contributed by atoms with Gasteiger partial charge in [-0.3, -0.25) is 9.69 Å². The van der Waals surface area contributed by atoms with Gasteiger partial charge in [-0.1, -0.05) is 28.1 Å². The van der Waals surface area contributed by atoms with Crippen molar-refractivity contribution in [2.75, 3.05) is 26.2 Å². The average molecular weight is 340 g/mol. The summed E-state index contributed by atoms with van der Waals surface area (Å²) < 4.78 is 1.03. The molecule has 0 bridgehead atoms. The smallest absolute Gasteiger partial charge is 0.237 e. The third-order valence-electron chi connectivity index (χ3n) is 3.79. The lowest BCUT2D eigenvalue weighted by Gasteiger charge is -2.32. The van der Waals surface area contributed by atoms with Crippen molar-refractivity contribution < 1.29 is 4.79 Å². The van der Waals surface area contributed by atoms with E-state index in [1.807, 2.05) is 38.1 Å². The first-order valence-corrected chi connectivity index (χ1v) is 7.88. The van der Waals surface area contributed by atoms with Gasteiger partial charge < -0.3 is 10.6 Å². The third kappa shape index (κ3) is 4.04. The highest BCUT2D eigenvalue weighted by Gasteiger charge is 2.23. The van der Waals surface area contributed by atoms with E-state index < -0.39 is 0 Å². The van der Waals surface area contributed by atoms with Gasteiger partial charge in [-0.15, -0.1) is 0 Å². The summed E-state index contributed by atoms with van der Waals surface area (Å²) in [5.74, 6) is 0.0966. The molecule has 0 spiro atoms. The number of rotatable bonds is 4. The van der Waals surface area contributed by atoms with Gasteiger partial charge in [-0.2, -0.15) is 0 Å². The zero-order valence-electron chi connectivity index (χ0n) is 12.0. The summed E-state index contributed by atoms with van der Waals surface area (Å²) in [5, 5.41) is 6.40. The lowest BCUT2D eigenvalue weighted by molar-refractivity contribution is -0.126. The van der Waals surface area contributed by atoms with Gasteiger partial charge >= 0.3 is 0 Å². The van der Waals surface area contributed by atoms with Gasteiger partial charge in [-0.05, 0) is 31.5 Å². The molecular formula is C15H22BrN3O. The largest absolute Gasteiger partial charge is 0.348 e. The Morgan fingerprint density at radius 2 is 2.05 bits per heavy atom. The molecule has 5 heteroatoms. The van der Waals surface area contributed by atoms with E-state index in [4.69, 9.17) is 0 Å². The molecule has 2 atom stereocenters. The van der Waals surface area contributed by atoms with E-state index in [0.717, 1.165) is 36.2 Å². The number of hydrogen-bond donors (Lipinski definition) is 2. The van der Waals surface area contributed by atoms with Crippen LogP contribution in [-0.4, -0.2) is 43.0 Å². The first-order valence-electron chi connectivity index (χ1n) is 7.08. The van der Waals surface area contributed by atoms with Crippen molar-refractivity contribution in [1.82, 2.24) is 15.5 Å². The quantitative estimate of drug-likeness (QED) is 0.880. The van der Waals surface area contributed by atoms with Crippen LogP contribution in [0.3, 0.4) is 0 Å². The first-order chi connectivity index (χ1) is 9.58. The zero-order valence-corrected chi connectivity index (χ0v) is 13.6. The van der Waals surface area contributed by atoms with Crippen LogP contribution in [0.1, 0.15) is 25.5 Å². The normalized spacial score (nSPS) is 19.4. The van der Waals surface area contributed by atoms with Gasteiger partial charge in [0.1, 0.15) is 0 Å². The zero-order chi connectivity index (χ0) is 14.5. The number of halogens is 1. The molecule has 110 valence electrons. The second kappa shape index (κ2) is 7.20. The fourth-order valence-electron chi connectivity index (χ4n) is 2.43. The molecule has 0 aliphatic carbocycles. The van der Waals surface area contributed by atoms with Crippen LogP contribution < -0.4 is 10.6 Å². The van der Waals surface area contributed by atoms with Crippen molar-refractivity contribution in [3.8, 4) is 0 Å². The molecule has 0 radical (unpaired) electrons. The maximum atomic E-state index is 12.3. The number of amides is 1. The Balaban J connectivity index is 1.93. The monoisotopic (exact) mass is 339 g/mol. The number of benzene rings is 1. The number of nitrogens with zero attached hydrogens (tertiary/aromatic N) is 1. The van der Waals surface area contributed by atoms with E-state index in [0.29, 0.717) is 0 Å². The fraction of sp³-hybridized carbons (Fsp3) is 0.533. The molecule has 1 fully saturated rings. The Labute approximate surface area is 129 Å². The van der Waals surface area contributed by atoms with Crippen LogP contribution >= 0.6 is 15.9 Å².